The van der Waals surface area contributed by atoms with Gasteiger partial charge in [-0.25, -0.2) is 0 Å². The van der Waals surface area contributed by atoms with Crippen molar-refractivity contribution in [3.63, 3.8) is 0 Å². The number of fused-ring (bicyclic) bond motifs is 1. The highest BCUT2D eigenvalue weighted by atomic mass is 28.4. The maximum absolute atomic E-state index is 12.7. The molecule has 3 rings (SSSR count). The largest absolute Gasteiger partial charge is 0.413 e. The Balaban J connectivity index is 1.66. The summed E-state index contributed by atoms with van der Waals surface area (Å²) in [6.45, 7) is 12.9. The third-order valence-corrected chi connectivity index (χ3v) is 10.1. The van der Waals surface area contributed by atoms with E-state index in [2.05, 4.69) is 38.8 Å². The van der Waals surface area contributed by atoms with Gasteiger partial charge in [0.15, 0.2) is 8.32 Å². The third-order valence-electron chi connectivity index (χ3n) is 5.57. The van der Waals surface area contributed by atoms with Gasteiger partial charge in [0.05, 0.1) is 18.8 Å². The summed E-state index contributed by atoms with van der Waals surface area (Å²) in [6.07, 6.45) is 1.03. The predicted molar refractivity (Wildman–Crippen MR) is 96.0 cm³/mol. The van der Waals surface area contributed by atoms with Crippen LogP contribution in [-0.2, 0) is 9.22 Å². The van der Waals surface area contributed by atoms with E-state index in [4.69, 9.17) is 4.43 Å². The van der Waals surface area contributed by atoms with Crippen molar-refractivity contribution in [1.29, 1.82) is 0 Å². The number of anilines is 1. The van der Waals surface area contributed by atoms with E-state index >= 15 is 0 Å². The van der Waals surface area contributed by atoms with Gasteiger partial charge in [-0.2, -0.15) is 0 Å². The maximum Gasteiger partial charge on any atom is 0.245 e. The first kappa shape index (κ1) is 16.7. The summed E-state index contributed by atoms with van der Waals surface area (Å²) >= 11 is 0. The summed E-state index contributed by atoms with van der Waals surface area (Å²) < 4.78 is 6.52. The van der Waals surface area contributed by atoms with E-state index in [1.807, 2.05) is 35.2 Å². The first-order chi connectivity index (χ1) is 10.7. The highest BCUT2D eigenvalue weighted by Crippen LogP contribution is 2.40. The van der Waals surface area contributed by atoms with Crippen LogP contribution in [-0.4, -0.2) is 44.5 Å². The second kappa shape index (κ2) is 5.72. The zero-order chi connectivity index (χ0) is 16.8. The van der Waals surface area contributed by atoms with Gasteiger partial charge in [-0.05, 0) is 36.7 Å². The number of hydrogen-bond acceptors (Lipinski definition) is 3. The summed E-state index contributed by atoms with van der Waals surface area (Å²) in [5, 5.41) is 0.208. The number of amides is 1. The van der Waals surface area contributed by atoms with Crippen molar-refractivity contribution in [2.45, 2.75) is 57.5 Å². The number of benzene rings is 1. The summed E-state index contributed by atoms with van der Waals surface area (Å²) in [4.78, 5) is 16.9. The Kier molecular flexibility index (Phi) is 4.15. The topological polar surface area (TPSA) is 32.8 Å². The van der Waals surface area contributed by atoms with Gasteiger partial charge in [-0.3, -0.25) is 14.6 Å². The lowest BCUT2D eigenvalue weighted by Crippen LogP contribution is -2.45. The minimum Gasteiger partial charge on any atom is -0.413 e. The lowest BCUT2D eigenvalue weighted by molar-refractivity contribution is -0.119. The predicted octanol–water partition coefficient (Wildman–Crippen LogP) is 3.46. The van der Waals surface area contributed by atoms with Crippen molar-refractivity contribution in [2.24, 2.45) is 0 Å². The van der Waals surface area contributed by atoms with E-state index in [1.165, 1.54) is 0 Å². The van der Waals surface area contributed by atoms with E-state index in [9.17, 15) is 4.79 Å². The molecule has 0 unspecified atom stereocenters. The van der Waals surface area contributed by atoms with Crippen molar-refractivity contribution in [2.75, 3.05) is 18.1 Å². The average Bonchev–Trinajstić information content (AvgIpc) is 2.97. The second-order valence-corrected chi connectivity index (χ2v) is 13.0. The van der Waals surface area contributed by atoms with E-state index < -0.39 is 8.32 Å². The van der Waals surface area contributed by atoms with Crippen LogP contribution < -0.4 is 4.90 Å². The van der Waals surface area contributed by atoms with Crippen molar-refractivity contribution in [1.82, 2.24) is 4.90 Å². The lowest BCUT2D eigenvalue weighted by atomic mass is 10.2. The molecule has 23 heavy (non-hydrogen) atoms. The van der Waals surface area contributed by atoms with E-state index in [0.29, 0.717) is 6.67 Å². The second-order valence-electron chi connectivity index (χ2n) is 8.27. The lowest BCUT2D eigenvalue weighted by Gasteiger charge is -2.38. The standard InChI is InChI=1S/C18H28N2O2Si/c1-18(2,3)23(4,5)22-15-11-16-17(21)20(13-19(16)12-15)14-9-7-6-8-10-14/h6-10,15-16H,11-13H2,1-5H3/t15-,16+/m1/s1. The van der Waals surface area contributed by atoms with Crippen LogP contribution in [0, 0.1) is 0 Å². The molecule has 2 fully saturated rings. The molecule has 2 aliphatic heterocycles. The highest BCUT2D eigenvalue weighted by molar-refractivity contribution is 6.74. The zero-order valence-corrected chi connectivity index (χ0v) is 15.9. The molecule has 1 amide bonds. The first-order valence-corrected chi connectivity index (χ1v) is 11.4. The van der Waals surface area contributed by atoms with Crippen LogP contribution in [0.15, 0.2) is 30.3 Å². The average molecular weight is 333 g/mol. The Morgan fingerprint density at radius 1 is 1.17 bits per heavy atom. The fraction of sp³-hybridized carbons (Fsp3) is 0.611. The molecule has 2 saturated heterocycles. The van der Waals surface area contributed by atoms with Crippen LogP contribution in [0.25, 0.3) is 0 Å². The minimum absolute atomic E-state index is 0.00928. The molecule has 1 aromatic rings. The fourth-order valence-corrected chi connectivity index (χ4v) is 4.56. The molecule has 0 bridgehead atoms. The van der Waals surface area contributed by atoms with Gasteiger partial charge >= 0.3 is 0 Å². The fourth-order valence-electron chi connectivity index (χ4n) is 3.20. The van der Waals surface area contributed by atoms with E-state index in [0.717, 1.165) is 18.7 Å². The van der Waals surface area contributed by atoms with Crippen LogP contribution in [0.5, 0.6) is 0 Å². The van der Waals surface area contributed by atoms with Crippen molar-refractivity contribution in [3.05, 3.63) is 30.3 Å². The van der Waals surface area contributed by atoms with E-state index in [-0.39, 0.29) is 23.1 Å². The minimum atomic E-state index is -1.77. The number of hydrogen-bond donors (Lipinski definition) is 0. The molecule has 0 aromatic heterocycles. The number of carbonyl (C=O) groups is 1. The van der Waals surface area contributed by atoms with Gasteiger partial charge in [0.1, 0.15) is 0 Å². The summed E-state index contributed by atoms with van der Waals surface area (Å²) in [6, 6.07) is 9.94. The monoisotopic (exact) mass is 332 g/mol. The highest BCUT2D eigenvalue weighted by Gasteiger charge is 2.48. The molecular weight excluding hydrogens is 304 g/mol. The van der Waals surface area contributed by atoms with Crippen LogP contribution in [0.4, 0.5) is 5.69 Å². The summed E-state index contributed by atoms with van der Waals surface area (Å²) in [5.41, 5.74) is 0.994. The Bertz CT molecular complexity index is 582. The van der Waals surface area contributed by atoms with Crippen LogP contribution >= 0.6 is 0 Å². The van der Waals surface area contributed by atoms with E-state index in [1.54, 1.807) is 0 Å². The third kappa shape index (κ3) is 3.10. The molecule has 1 aromatic carbocycles. The van der Waals surface area contributed by atoms with Gasteiger partial charge in [0, 0.05) is 12.2 Å². The molecule has 2 atom stereocenters. The molecule has 0 radical (unpaired) electrons. The Labute approximate surface area is 140 Å². The smallest absolute Gasteiger partial charge is 0.245 e. The van der Waals surface area contributed by atoms with Crippen LogP contribution in [0.2, 0.25) is 18.1 Å². The summed E-state index contributed by atoms with van der Waals surface area (Å²) in [7, 11) is -1.77. The Hall–Kier alpha value is -1.17. The molecule has 0 N–H and O–H groups in total. The molecule has 0 spiro atoms. The van der Waals surface area contributed by atoms with Crippen molar-refractivity contribution < 1.29 is 9.22 Å². The SMILES string of the molecule is CC(C)(C)[Si](C)(C)O[C@@H]1C[C@H]2C(=O)N(c3ccccc3)CN2C1. The van der Waals surface area contributed by atoms with Gasteiger partial charge in [-0.1, -0.05) is 39.0 Å². The van der Waals surface area contributed by atoms with Crippen LogP contribution in [0.3, 0.4) is 0 Å². The Morgan fingerprint density at radius 2 is 1.83 bits per heavy atom. The number of carbonyl (C=O) groups excluding carboxylic acids is 1. The number of nitrogens with zero attached hydrogens (tertiary/aromatic N) is 2. The Morgan fingerprint density at radius 3 is 2.39 bits per heavy atom. The molecule has 2 aliphatic rings. The molecule has 0 saturated carbocycles. The molecular formula is C18H28N2O2Si. The summed E-state index contributed by atoms with van der Waals surface area (Å²) in [5.74, 6) is 0.220. The first-order valence-electron chi connectivity index (χ1n) is 8.47. The molecule has 2 heterocycles. The number of rotatable bonds is 3. The van der Waals surface area contributed by atoms with Gasteiger partial charge < -0.3 is 4.43 Å². The normalized spacial score (nSPS) is 26.0. The number of para-hydroxylation sites is 1. The van der Waals surface area contributed by atoms with Crippen molar-refractivity contribution in [3.8, 4) is 0 Å². The molecule has 5 heteroatoms. The van der Waals surface area contributed by atoms with Gasteiger partial charge in [-0.15, -0.1) is 0 Å². The van der Waals surface area contributed by atoms with Crippen molar-refractivity contribution >= 4 is 19.9 Å². The zero-order valence-electron chi connectivity index (χ0n) is 14.9. The van der Waals surface area contributed by atoms with Gasteiger partial charge in [0.2, 0.25) is 5.91 Å². The molecule has 0 aliphatic carbocycles. The molecule has 126 valence electrons. The quantitative estimate of drug-likeness (QED) is 0.795. The molecule has 4 nitrogen and oxygen atoms in total. The van der Waals surface area contributed by atoms with Gasteiger partial charge in [0.25, 0.3) is 0 Å². The maximum atomic E-state index is 12.7. The van der Waals surface area contributed by atoms with Crippen LogP contribution in [0.1, 0.15) is 27.2 Å².